The molecule has 6 heteroatoms. The Hall–Kier alpha value is -2.40. The van der Waals surface area contributed by atoms with Gasteiger partial charge in [0.1, 0.15) is 0 Å². The molecule has 0 spiro atoms. The van der Waals surface area contributed by atoms with E-state index in [4.69, 9.17) is 11.6 Å². The number of nitrogens with zero attached hydrogens (tertiary/aromatic N) is 1. The van der Waals surface area contributed by atoms with E-state index in [0.29, 0.717) is 10.6 Å². The van der Waals surface area contributed by atoms with Gasteiger partial charge in [-0.25, -0.2) is 0 Å². The molecule has 2 aromatic rings. The van der Waals surface area contributed by atoms with E-state index in [1.54, 1.807) is 48.8 Å². The van der Waals surface area contributed by atoms with Crippen molar-refractivity contribution < 1.29 is 9.59 Å². The molecular formula is C14H12ClN3O2. The summed E-state index contributed by atoms with van der Waals surface area (Å²) in [6.07, 6.45) is 3.37. The van der Waals surface area contributed by atoms with E-state index >= 15 is 0 Å². The standard InChI is InChI=1S/C14H12ClN3O2/c15-12-5-3-11(4-6-12)14(20)18-17-13(19)8-10-2-1-7-16-9-10/h1-7,9H,8H2,(H,17,19)(H,18,20). The molecule has 0 saturated heterocycles. The lowest BCUT2D eigenvalue weighted by Gasteiger charge is -2.07. The number of hydrazine groups is 1. The third-order valence-electron chi connectivity index (χ3n) is 2.51. The predicted molar refractivity (Wildman–Crippen MR) is 75.0 cm³/mol. The van der Waals surface area contributed by atoms with Crippen molar-refractivity contribution in [2.24, 2.45) is 0 Å². The molecule has 0 unspecified atom stereocenters. The second-order valence-corrected chi connectivity index (χ2v) is 4.48. The van der Waals surface area contributed by atoms with Crippen LogP contribution in [0, 0.1) is 0 Å². The van der Waals surface area contributed by atoms with Crippen LogP contribution in [0.3, 0.4) is 0 Å². The van der Waals surface area contributed by atoms with Crippen molar-refractivity contribution in [2.45, 2.75) is 6.42 Å². The molecule has 1 heterocycles. The minimum atomic E-state index is -0.402. The molecule has 0 atom stereocenters. The Kier molecular flexibility index (Phi) is 4.68. The number of hydrogen-bond donors (Lipinski definition) is 2. The molecule has 0 radical (unpaired) electrons. The first-order valence-corrected chi connectivity index (χ1v) is 6.26. The number of carbonyl (C=O) groups is 2. The van der Waals surface area contributed by atoms with Crippen molar-refractivity contribution in [1.82, 2.24) is 15.8 Å². The smallest absolute Gasteiger partial charge is 0.269 e. The maximum atomic E-state index is 11.7. The summed E-state index contributed by atoms with van der Waals surface area (Å²) in [5, 5.41) is 0.544. The van der Waals surface area contributed by atoms with Crippen molar-refractivity contribution in [1.29, 1.82) is 0 Å². The monoisotopic (exact) mass is 289 g/mol. The van der Waals surface area contributed by atoms with Crippen LogP contribution >= 0.6 is 11.6 Å². The highest BCUT2D eigenvalue weighted by Crippen LogP contribution is 2.08. The minimum Gasteiger partial charge on any atom is -0.273 e. The first-order valence-electron chi connectivity index (χ1n) is 5.89. The van der Waals surface area contributed by atoms with Crippen molar-refractivity contribution in [2.75, 3.05) is 0 Å². The largest absolute Gasteiger partial charge is 0.273 e. The number of nitrogens with one attached hydrogen (secondary N) is 2. The third-order valence-corrected chi connectivity index (χ3v) is 2.76. The van der Waals surface area contributed by atoms with Gasteiger partial charge in [-0.1, -0.05) is 17.7 Å². The van der Waals surface area contributed by atoms with Crippen LogP contribution in [0.2, 0.25) is 5.02 Å². The third kappa shape index (κ3) is 4.07. The van der Waals surface area contributed by atoms with Gasteiger partial charge in [0.2, 0.25) is 5.91 Å². The predicted octanol–water partition coefficient (Wildman–Crippen LogP) is 1.74. The highest BCUT2D eigenvalue weighted by molar-refractivity contribution is 6.30. The van der Waals surface area contributed by atoms with Gasteiger partial charge in [-0.05, 0) is 35.9 Å². The average Bonchev–Trinajstić information content (AvgIpc) is 2.46. The maximum Gasteiger partial charge on any atom is 0.269 e. The molecule has 2 amide bonds. The van der Waals surface area contributed by atoms with Gasteiger partial charge in [0.05, 0.1) is 6.42 Å². The van der Waals surface area contributed by atoms with E-state index in [-0.39, 0.29) is 12.3 Å². The summed E-state index contributed by atoms with van der Waals surface area (Å²) in [5.74, 6) is -0.721. The van der Waals surface area contributed by atoms with Crippen LogP contribution in [-0.2, 0) is 11.2 Å². The summed E-state index contributed by atoms with van der Waals surface area (Å²) < 4.78 is 0. The highest BCUT2D eigenvalue weighted by atomic mass is 35.5. The molecule has 102 valence electrons. The molecule has 0 fully saturated rings. The first-order chi connectivity index (χ1) is 9.65. The zero-order valence-electron chi connectivity index (χ0n) is 10.5. The summed E-state index contributed by atoms with van der Waals surface area (Å²) in [6, 6.07) is 9.89. The van der Waals surface area contributed by atoms with E-state index in [0.717, 1.165) is 5.56 Å². The van der Waals surface area contributed by atoms with Gasteiger partial charge in [0.15, 0.2) is 0 Å². The van der Waals surface area contributed by atoms with Gasteiger partial charge in [0, 0.05) is 23.0 Å². The molecule has 20 heavy (non-hydrogen) atoms. The highest BCUT2D eigenvalue weighted by Gasteiger charge is 2.07. The molecule has 2 rings (SSSR count). The quantitative estimate of drug-likeness (QED) is 0.846. The average molecular weight is 290 g/mol. The Morgan fingerprint density at radius 3 is 2.50 bits per heavy atom. The Labute approximate surface area is 120 Å². The molecule has 1 aromatic carbocycles. The van der Waals surface area contributed by atoms with E-state index in [1.165, 1.54) is 0 Å². The van der Waals surface area contributed by atoms with E-state index in [2.05, 4.69) is 15.8 Å². The van der Waals surface area contributed by atoms with Gasteiger partial charge in [0.25, 0.3) is 5.91 Å². The van der Waals surface area contributed by atoms with Crippen molar-refractivity contribution in [3.63, 3.8) is 0 Å². The fourth-order valence-electron chi connectivity index (χ4n) is 1.53. The lowest BCUT2D eigenvalue weighted by Crippen LogP contribution is -2.42. The number of pyridine rings is 1. The summed E-state index contributed by atoms with van der Waals surface area (Å²) in [5.41, 5.74) is 5.86. The van der Waals surface area contributed by atoms with Gasteiger partial charge in [-0.15, -0.1) is 0 Å². The molecule has 0 aliphatic heterocycles. The van der Waals surface area contributed by atoms with Gasteiger partial charge >= 0.3 is 0 Å². The zero-order valence-corrected chi connectivity index (χ0v) is 11.2. The normalized spacial score (nSPS) is 9.85. The Morgan fingerprint density at radius 2 is 1.85 bits per heavy atom. The Morgan fingerprint density at radius 1 is 1.10 bits per heavy atom. The van der Waals surface area contributed by atoms with Crippen LogP contribution in [0.4, 0.5) is 0 Å². The van der Waals surface area contributed by atoms with Crippen LogP contribution < -0.4 is 10.9 Å². The molecular weight excluding hydrogens is 278 g/mol. The lowest BCUT2D eigenvalue weighted by molar-refractivity contribution is -0.121. The van der Waals surface area contributed by atoms with Crippen molar-refractivity contribution in [3.8, 4) is 0 Å². The Bertz CT molecular complexity index is 600. The summed E-state index contributed by atoms with van der Waals surface area (Å²) in [4.78, 5) is 27.3. The molecule has 2 N–H and O–H groups in total. The number of halogens is 1. The number of carbonyl (C=O) groups excluding carboxylic acids is 2. The second kappa shape index (κ2) is 6.68. The molecule has 0 aliphatic carbocycles. The number of hydrogen-bond acceptors (Lipinski definition) is 3. The van der Waals surface area contributed by atoms with Crippen molar-refractivity contribution >= 4 is 23.4 Å². The SMILES string of the molecule is O=C(Cc1cccnc1)NNC(=O)c1ccc(Cl)cc1. The Balaban J connectivity index is 1.84. The number of rotatable bonds is 3. The molecule has 0 bridgehead atoms. The van der Waals surface area contributed by atoms with Gasteiger partial charge < -0.3 is 0 Å². The fourth-order valence-corrected chi connectivity index (χ4v) is 1.66. The van der Waals surface area contributed by atoms with Crippen LogP contribution in [0.25, 0.3) is 0 Å². The van der Waals surface area contributed by atoms with Gasteiger partial charge in [-0.3, -0.25) is 25.4 Å². The minimum absolute atomic E-state index is 0.148. The topological polar surface area (TPSA) is 71.1 Å². The second-order valence-electron chi connectivity index (χ2n) is 4.05. The van der Waals surface area contributed by atoms with Gasteiger partial charge in [-0.2, -0.15) is 0 Å². The lowest BCUT2D eigenvalue weighted by atomic mass is 10.2. The molecule has 1 aromatic heterocycles. The molecule has 0 aliphatic rings. The summed E-state index contributed by atoms with van der Waals surface area (Å²) in [6.45, 7) is 0. The first kappa shape index (κ1) is 14.0. The summed E-state index contributed by atoms with van der Waals surface area (Å²) >= 11 is 5.73. The number of amides is 2. The van der Waals surface area contributed by atoms with Crippen molar-refractivity contribution in [3.05, 3.63) is 64.9 Å². The fraction of sp³-hybridized carbons (Fsp3) is 0.0714. The molecule has 0 saturated carbocycles. The zero-order chi connectivity index (χ0) is 14.4. The van der Waals surface area contributed by atoms with Crippen LogP contribution in [0.1, 0.15) is 15.9 Å². The number of benzene rings is 1. The van der Waals surface area contributed by atoms with E-state index in [9.17, 15) is 9.59 Å². The van der Waals surface area contributed by atoms with E-state index in [1.807, 2.05) is 0 Å². The van der Waals surface area contributed by atoms with E-state index < -0.39 is 5.91 Å². The maximum absolute atomic E-state index is 11.7. The van der Waals surface area contributed by atoms with Crippen LogP contribution in [-0.4, -0.2) is 16.8 Å². The molecule has 5 nitrogen and oxygen atoms in total. The van der Waals surface area contributed by atoms with Crippen LogP contribution in [0.5, 0.6) is 0 Å². The summed E-state index contributed by atoms with van der Waals surface area (Å²) in [7, 11) is 0. The number of aromatic nitrogens is 1. The van der Waals surface area contributed by atoms with Crippen LogP contribution in [0.15, 0.2) is 48.8 Å².